The van der Waals surface area contributed by atoms with Gasteiger partial charge in [-0.25, -0.2) is 0 Å². The van der Waals surface area contributed by atoms with Crippen molar-refractivity contribution in [2.24, 2.45) is 0 Å². The van der Waals surface area contributed by atoms with Crippen LogP contribution < -0.4 is 5.46 Å². The molecule has 4 rings (SSSR count). The van der Waals surface area contributed by atoms with Crippen molar-refractivity contribution in [1.29, 1.82) is 0 Å². The molecule has 2 heteroatoms. The minimum absolute atomic E-state index is 0.213. The molecule has 1 saturated carbocycles. The summed E-state index contributed by atoms with van der Waals surface area (Å²) in [5, 5.41) is 0. The van der Waals surface area contributed by atoms with Gasteiger partial charge in [-0.2, -0.15) is 0 Å². The zero-order valence-corrected chi connectivity index (χ0v) is 12.4. The number of hydrogen-bond acceptors (Lipinski definition) is 1. The second-order valence-corrected chi connectivity index (χ2v) is 7.08. The van der Waals surface area contributed by atoms with Crippen molar-refractivity contribution in [3.05, 3.63) is 53.6 Å². The van der Waals surface area contributed by atoms with Gasteiger partial charge in [-0.3, -0.25) is 0 Å². The number of benzene rings is 2. The highest BCUT2D eigenvalue weighted by Crippen LogP contribution is 2.54. The van der Waals surface area contributed by atoms with E-state index in [0.717, 1.165) is 5.46 Å². The molecule has 2 aliphatic rings. The molecule has 0 aromatic heterocycles. The highest BCUT2D eigenvalue weighted by Gasteiger charge is 2.41. The average molecular weight is 276 g/mol. The Morgan fingerprint density at radius 3 is 2.45 bits per heavy atom. The molecule has 2 aromatic carbocycles. The lowest BCUT2D eigenvalue weighted by Crippen LogP contribution is -2.34. The molecule has 2 aromatic rings. The quantitative estimate of drug-likeness (QED) is 0.650. The Hall–Kier alpha value is -1.15. The maximum absolute atomic E-state index is 6.08. The van der Waals surface area contributed by atoms with Crippen molar-refractivity contribution in [1.82, 2.24) is 0 Å². The predicted octanol–water partition coefficient (Wildman–Crippen LogP) is 4.20. The van der Waals surface area contributed by atoms with Crippen LogP contribution in [0.25, 0.3) is 0 Å². The number of fused-ring (bicyclic) bond motifs is 4. The van der Waals surface area contributed by atoms with Gasteiger partial charge in [0.2, 0.25) is 0 Å². The van der Waals surface area contributed by atoms with Crippen LogP contribution >= 0.6 is 11.8 Å². The van der Waals surface area contributed by atoms with Crippen molar-refractivity contribution >= 4 is 25.1 Å². The van der Waals surface area contributed by atoms with E-state index in [4.69, 9.17) is 7.85 Å². The molecule has 1 fully saturated rings. The standard InChI is InChI=1S/C18H17BS/c19-13-8-9-17-15(12-13)18(10-4-1-5-11-18)14-6-2-3-7-16(14)20-17/h2-3,6-9,12H,1,4-5,10-11H2. The van der Waals surface area contributed by atoms with Crippen LogP contribution in [0.15, 0.2) is 52.3 Å². The molecule has 0 N–H and O–H groups in total. The van der Waals surface area contributed by atoms with Gasteiger partial charge in [0.05, 0.1) is 0 Å². The second kappa shape index (κ2) is 4.70. The van der Waals surface area contributed by atoms with Crippen LogP contribution in [0, 0.1) is 0 Å². The fourth-order valence-electron chi connectivity index (χ4n) is 3.92. The molecule has 0 nitrogen and oxygen atoms in total. The molecular formula is C18H17BS. The van der Waals surface area contributed by atoms with E-state index >= 15 is 0 Å². The number of rotatable bonds is 0. The van der Waals surface area contributed by atoms with Crippen molar-refractivity contribution < 1.29 is 0 Å². The van der Waals surface area contributed by atoms with Crippen LogP contribution in [0.5, 0.6) is 0 Å². The first-order valence-corrected chi connectivity index (χ1v) is 8.29. The van der Waals surface area contributed by atoms with E-state index in [-0.39, 0.29) is 5.41 Å². The molecule has 1 heterocycles. The van der Waals surface area contributed by atoms with Gasteiger partial charge in [-0.1, -0.05) is 66.8 Å². The van der Waals surface area contributed by atoms with Gasteiger partial charge in [0.25, 0.3) is 0 Å². The summed E-state index contributed by atoms with van der Waals surface area (Å²) in [6.07, 6.45) is 6.55. The summed E-state index contributed by atoms with van der Waals surface area (Å²) in [6, 6.07) is 15.4. The van der Waals surface area contributed by atoms with Crippen molar-refractivity contribution in [2.45, 2.75) is 47.3 Å². The van der Waals surface area contributed by atoms with E-state index in [1.54, 1.807) is 0 Å². The van der Waals surface area contributed by atoms with Crippen LogP contribution in [0.1, 0.15) is 43.2 Å². The first kappa shape index (κ1) is 12.6. The van der Waals surface area contributed by atoms with E-state index in [1.807, 2.05) is 17.8 Å². The Morgan fingerprint density at radius 2 is 1.60 bits per heavy atom. The first-order chi connectivity index (χ1) is 9.79. The molecule has 2 radical (unpaired) electrons. The molecule has 1 aliphatic heterocycles. The Morgan fingerprint density at radius 1 is 0.850 bits per heavy atom. The highest BCUT2D eigenvalue weighted by atomic mass is 32.2. The van der Waals surface area contributed by atoms with Gasteiger partial charge < -0.3 is 0 Å². The normalized spacial score (nSPS) is 19.4. The summed E-state index contributed by atoms with van der Waals surface area (Å²) in [6.45, 7) is 0. The third-order valence-corrected chi connectivity index (χ3v) is 6.00. The smallest absolute Gasteiger partial charge is 0.0963 e. The molecule has 1 aliphatic carbocycles. The van der Waals surface area contributed by atoms with Crippen LogP contribution in [0.4, 0.5) is 0 Å². The molecule has 0 unspecified atom stereocenters. The van der Waals surface area contributed by atoms with E-state index in [0.29, 0.717) is 0 Å². The maximum Gasteiger partial charge on any atom is 0.113 e. The predicted molar refractivity (Wildman–Crippen MR) is 86.3 cm³/mol. The van der Waals surface area contributed by atoms with Crippen LogP contribution in [-0.2, 0) is 5.41 Å². The molecule has 0 amide bonds. The van der Waals surface area contributed by atoms with Crippen LogP contribution in [-0.4, -0.2) is 7.85 Å². The average Bonchev–Trinajstić information content (AvgIpc) is 2.50. The first-order valence-electron chi connectivity index (χ1n) is 7.47. The minimum atomic E-state index is 0.213. The second-order valence-electron chi connectivity index (χ2n) is 6.00. The summed E-state index contributed by atoms with van der Waals surface area (Å²) in [4.78, 5) is 2.84. The van der Waals surface area contributed by atoms with E-state index in [1.165, 1.54) is 53.0 Å². The highest BCUT2D eigenvalue weighted by molar-refractivity contribution is 7.99. The Labute approximate surface area is 126 Å². The third-order valence-electron chi connectivity index (χ3n) is 4.85. The summed E-state index contributed by atoms with van der Waals surface area (Å²) in [5.74, 6) is 0. The molecule has 0 atom stereocenters. The van der Waals surface area contributed by atoms with Crippen molar-refractivity contribution in [2.75, 3.05) is 0 Å². The van der Waals surface area contributed by atoms with Crippen LogP contribution in [0.2, 0.25) is 0 Å². The lowest BCUT2D eigenvalue weighted by Gasteiger charge is -2.43. The molecule has 0 bridgehead atoms. The molecule has 98 valence electrons. The Bertz CT molecular complexity index is 656. The summed E-state index contributed by atoms with van der Waals surface area (Å²) < 4.78 is 0. The molecular weight excluding hydrogens is 259 g/mol. The van der Waals surface area contributed by atoms with Crippen LogP contribution in [0.3, 0.4) is 0 Å². The van der Waals surface area contributed by atoms with Gasteiger partial charge in [0.15, 0.2) is 0 Å². The van der Waals surface area contributed by atoms with Gasteiger partial charge in [-0.05, 0) is 36.1 Å². The van der Waals surface area contributed by atoms with Crippen molar-refractivity contribution in [3.63, 3.8) is 0 Å². The zero-order valence-electron chi connectivity index (χ0n) is 11.6. The van der Waals surface area contributed by atoms with Gasteiger partial charge >= 0.3 is 0 Å². The largest absolute Gasteiger partial charge is 0.113 e. The fourth-order valence-corrected chi connectivity index (χ4v) is 5.18. The fraction of sp³-hybridized carbons (Fsp3) is 0.333. The summed E-state index contributed by atoms with van der Waals surface area (Å²) in [5.41, 5.74) is 4.11. The zero-order chi connectivity index (χ0) is 13.6. The summed E-state index contributed by atoms with van der Waals surface area (Å²) in [7, 11) is 6.08. The Balaban J connectivity index is 1.98. The van der Waals surface area contributed by atoms with E-state index < -0.39 is 0 Å². The monoisotopic (exact) mass is 276 g/mol. The topological polar surface area (TPSA) is 0 Å². The number of hydrogen-bond donors (Lipinski definition) is 0. The van der Waals surface area contributed by atoms with Gasteiger partial charge in [0, 0.05) is 15.2 Å². The molecule has 1 spiro atoms. The molecule has 0 saturated heterocycles. The lowest BCUT2D eigenvalue weighted by molar-refractivity contribution is 0.335. The van der Waals surface area contributed by atoms with Gasteiger partial charge in [-0.15, -0.1) is 0 Å². The lowest BCUT2D eigenvalue weighted by atomic mass is 9.64. The third kappa shape index (κ3) is 1.78. The maximum atomic E-state index is 6.08. The summed E-state index contributed by atoms with van der Waals surface area (Å²) >= 11 is 1.90. The Kier molecular flexibility index (Phi) is 2.96. The SMILES string of the molecule is [B]c1ccc2c(c1)C1(CCCCC1)c1ccccc1S2. The van der Waals surface area contributed by atoms with Gasteiger partial charge in [0.1, 0.15) is 7.85 Å². The van der Waals surface area contributed by atoms with Crippen molar-refractivity contribution in [3.8, 4) is 0 Å². The minimum Gasteiger partial charge on any atom is -0.0963 e. The molecule has 20 heavy (non-hydrogen) atoms. The van der Waals surface area contributed by atoms with E-state index in [2.05, 4.69) is 36.4 Å². The van der Waals surface area contributed by atoms with E-state index in [9.17, 15) is 0 Å².